The Balaban J connectivity index is 1.82. The molecule has 1 aliphatic carbocycles. The molecule has 0 saturated heterocycles. The van der Waals surface area contributed by atoms with E-state index >= 15 is 0 Å². The van der Waals surface area contributed by atoms with E-state index in [0.29, 0.717) is 19.3 Å². The summed E-state index contributed by atoms with van der Waals surface area (Å²) < 4.78 is 11.0. The molecule has 1 aliphatic rings. The van der Waals surface area contributed by atoms with Crippen LogP contribution in [0.2, 0.25) is 0 Å². The lowest BCUT2D eigenvalue weighted by molar-refractivity contribution is 0.146. The van der Waals surface area contributed by atoms with E-state index in [0.717, 1.165) is 12.3 Å². The zero-order valence-corrected chi connectivity index (χ0v) is 13.3. The van der Waals surface area contributed by atoms with E-state index in [4.69, 9.17) is 9.47 Å². The Hall–Kier alpha value is -1.58. The SMILES string of the molecule is COCCOc1ccc2ccccc2c1CNC1CCCC1. The molecule has 0 unspecified atom stereocenters. The van der Waals surface area contributed by atoms with Crippen molar-refractivity contribution in [2.75, 3.05) is 20.3 Å². The predicted molar refractivity (Wildman–Crippen MR) is 90.4 cm³/mol. The molecule has 0 radical (unpaired) electrons. The molecule has 1 saturated carbocycles. The van der Waals surface area contributed by atoms with Gasteiger partial charge >= 0.3 is 0 Å². The fourth-order valence-electron chi connectivity index (χ4n) is 3.24. The van der Waals surface area contributed by atoms with E-state index in [2.05, 4.69) is 41.7 Å². The number of hydrogen-bond donors (Lipinski definition) is 1. The predicted octanol–water partition coefficient (Wildman–Crippen LogP) is 3.90. The Labute approximate surface area is 132 Å². The van der Waals surface area contributed by atoms with Crippen LogP contribution in [0.15, 0.2) is 36.4 Å². The summed E-state index contributed by atoms with van der Waals surface area (Å²) in [5.74, 6) is 0.973. The summed E-state index contributed by atoms with van der Waals surface area (Å²) >= 11 is 0. The summed E-state index contributed by atoms with van der Waals surface area (Å²) in [6.07, 6.45) is 5.30. The molecule has 22 heavy (non-hydrogen) atoms. The van der Waals surface area contributed by atoms with Crippen LogP contribution in [0.25, 0.3) is 10.8 Å². The first-order chi connectivity index (χ1) is 10.9. The highest BCUT2D eigenvalue weighted by Crippen LogP contribution is 2.29. The third-order valence-corrected chi connectivity index (χ3v) is 4.47. The average molecular weight is 299 g/mol. The zero-order chi connectivity index (χ0) is 15.2. The molecule has 0 spiro atoms. The third kappa shape index (κ3) is 3.60. The lowest BCUT2D eigenvalue weighted by Gasteiger charge is -2.17. The summed E-state index contributed by atoms with van der Waals surface area (Å²) in [4.78, 5) is 0. The largest absolute Gasteiger partial charge is 0.491 e. The Bertz CT molecular complexity index is 605. The Kier molecular flexibility index (Phi) is 5.30. The first-order valence-corrected chi connectivity index (χ1v) is 8.24. The average Bonchev–Trinajstić information content (AvgIpc) is 3.07. The highest BCUT2D eigenvalue weighted by atomic mass is 16.5. The molecular weight excluding hydrogens is 274 g/mol. The topological polar surface area (TPSA) is 30.5 Å². The fourth-order valence-corrected chi connectivity index (χ4v) is 3.24. The summed E-state index contributed by atoms with van der Waals surface area (Å²) in [6.45, 7) is 2.07. The highest BCUT2D eigenvalue weighted by Gasteiger charge is 2.16. The van der Waals surface area contributed by atoms with Gasteiger partial charge in [-0.3, -0.25) is 0 Å². The maximum absolute atomic E-state index is 5.94. The summed E-state index contributed by atoms with van der Waals surface area (Å²) in [7, 11) is 1.70. The second-order valence-corrected chi connectivity index (χ2v) is 5.97. The molecule has 2 aromatic carbocycles. The van der Waals surface area contributed by atoms with Crippen molar-refractivity contribution in [3.63, 3.8) is 0 Å². The Morgan fingerprint density at radius 3 is 2.68 bits per heavy atom. The van der Waals surface area contributed by atoms with Crippen LogP contribution in [0.3, 0.4) is 0 Å². The maximum Gasteiger partial charge on any atom is 0.124 e. The number of rotatable bonds is 7. The molecule has 3 heteroatoms. The standard InChI is InChI=1S/C19H25NO2/c1-21-12-13-22-19-11-10-15-6-2-5-9-17(15)18(19)14-20-16-7-3-4-8-16/h2,5-6,9-11,16,20H,3-4,7-8,12-14H2,1H3. The van der Waals surface area contributed by atoms with Crippen LogP contribution in [0.5, 0.6) is 5.75 Å². The molecule has 0 amide bonds. The molecule has 2 aromatic rings. The normalized spacial score (nSPS) is 15.5. The van der Waals surface area contributed by atoms with Gasteiger partial charge in [-0.25, -0.2) is 0 Å². The number of nitrogens with one attached hydrogen (secondary N) is 1. The van der Waals surface area contributed by atoms with Crippen LogP contribution in [0, 0.1) is 0 Å². The van der Waals surface area contributed by atoms with E-state index in [1.54, 1.807) is 7.11 Å². The van der Waals surface area contributed by atoms with Crippen molar-refractivity contribution in [3.8, 4) is 5.75 Å². The van der Waals surface area contributed by atoms with Crippen molar-refractivity contribution in [2.45, 2.75) is 38.3 Å². The summed E-state index contributed by atoms with van der Waals surface area (Å²) in [6, 6.07) is 13.4. The van der Waals surface area contributed by atoms with Crippen LogP contribution >= 0.6 is 0 Å². The maximum atomic E-state index is 5.94. The number of ether oxygens (including phenoxy) is 2. The van der Waals surface area contributed by atoms with Gasteiger partial charge < -0.3 is 14.8 Å². The van der Waals surface area contributed by atoms with Crippen molar-refractivity contribution >= 4 is 10.8 Å². The first-order valence-electron chi connectivity index (χ1n) is 8.24. The van der Waals surface area contributed by atoms with Gasteiger partial charge in [0.15, 0.2) is 0 Å². The molecule has 0 aliphatic heterocycles. The van der Waals surface area contributed by atoms with Gasteiger partial charge in [-0.05, 0) is 29.7 Å². The van der Waals surface area contributed by atoms with E-state index in [9.17, 15) is 0 Å². The summed E-state index contributed by atoms with van der Waals surface area (Å²) in [5, 5.41) is 6.26. The highest BCUT2D eigenvalue weighted by molar-refractivity contribution is 5.87. The van der Waals surface area contributed by atoms with Crippen LogP contribution in [-0.2, 0) is 11.3 Å². The molecular formula is C19H25NO2. The van der Waals surface area contributed by atoms with E-state index in [-0.39, 0.29) is 0 Å². The van der Waals surface area contributed by atoms with Gasteiger partial charge in [0.1, 0.15) is 12.4 Å². The van der Waals surface area contributed by atoms with Crippen molar-refractivity contribution in [3.05, 3.63) is 42.0 Å². The van der Waals surface area contributed by atoms with E-state index in [1.807, 2.05) is 0 Å². The van der Waals surface area contributed by atoms with Gasteiger partial charge in [0, 0.05) is 25.3 Å². The third-order valence-electron chi connectivity index (χ3n) is 4.47. The number of fused-ring (bicyclic) bond motifs is 1. The van der Waals surface area contributed by atoms with Gasteiger partial charge in [-0.1, -0.05) is 43.2 Å². The van der Waals surface area contributed by atoms with Crippen molar-refractivity contribution in [1.82, 2.24) is 5.32 Å². The minimum absolute atomic E-state index is 0.589. The fraction of sp³-hybridized carbons (Fsp3) is 0.474. The van der Waals surface area contributed by atoms with Crippen molar-refractivity contribution in [1.29, 1.82) is 0 Å². The first kappa shape index (κ1) is 15.3. The molecule has 0 atom stereocenters. The van der Waals surface area contributed by atoms with Crippen LogP contribution in [0.4, 0.5) is 0 Å². The number of benzene rings is 2. The minimum Gasteiger partial charge on any atom is -0.491 e. The van der Waals surface area contributed by atoms with Crippen LogP contribution in [0.1, 0.15) is 31.2 Å². The molecule has 1 N–H and O–H groups in total. The lowest BCUT2D eigenvalue weighted by atomic mass is 10.0. The second-order valence-electron chi connectivity index (χ2n) is 5.97. The van der Waals surface area contributed by atoms with Crippen LogP contribution < -0.4 is 10.1 Å². The van der Waals surface area contributed by atoms with Gasteiger partial charge in [-0.15, -0.1) is 0 Å². The van der Waals surface area contributed by atoms with Crippen LogP contribution in [-0.4, -0.2) is 26.4 Å². The Morgan fingerprint density at radius 2 is 1.86 bits per heavy atom. The molecule has 0 heterocycles. The molecule has 0 aromatic heterocycles. The number of methoxy groups -OCH3 is 1. The van der Waals surface area contributed by atoms with E-state index < -0.39 is 0 Å². The van der Waals surface area contributed by atoms with Gasteiger partial charge in [0.25, 0.3) is 0 Å². The molecule has 118 valence electrons. The van der Waals surface area contributed by atoms with E-state index in [1.165, 1.54) is 42.0 Å². The summed E-state index contributed by atoms with van der Waals surface area (Å²) in [5.41, 5.74) is 1.26. The minimum atomic E-state index is 0.589. The van der Waals surface area contributed by atoms with Gasteiger partial charge in [0.05, 0.1) is 6.61 Å². The lowest BCUT2D eigenvalue weighted by Crippen LogP contribution is -2.25. The smallest absolute Gasteiger partial charge is 0.124 e. The molecule has 0 bridgehead atoms. The molecule has 1 fully saturated rings. The Morgan fingerprint density at radius 1 is 1.05 bits per heavy atom. The van der Waals surface area contributed by atoms with Crippen molar-refractivity contribution < 1.29 is 9.47 Å². The molecule has 3 nitrogen and oxygen atoms in total. The number of hydrogen-bond acceptors (Lipinski definition) is 3. The quantitative estimate of drug-likeness (QED) is 0.787. The second kappa shape index (κ2) is 7.61. The zero-order valence-electron chi connectivity index (χ0n) is 13.3. The van der Waals surface area contributed by atoms with Gasteiger partial charge in [0.2, 0.25) is 0 Å². The van der Waals surface area contributed by atoms with Gasteiger partial charge in [-0.2, -0.15) is 0 Å². The monoisotopic (exact) mass is 299 g/mol. The molecule has 3 rings (SSSR count). The van der Waals surface area contributed by atoms with Crippen molar-refractivity contribution in [2.24, 2.45) is 0 Å².